The van der Waals surface area contributed by atoms with Gasteiger partial charge < -0.3 is 0 Å². The van der Waals surface area contributed by atoms with Gasteiger partial charge in [0, 0.05) is 0 Å². The van der Waals surface area contributed by atoms with E-state index in [4.69, 9.17) is 4.55 Å². The van der Waals surface area contributed by atoms with Gasteiger partial charge >= 0.3 is 29.9 Å². The molecule has 0 saturated carbocycles. The Morgan fingerprint density at radius 2 is 0.870 bits per heavy atom. The summed E-state index contributed by atoms with van der Waals surface area (Å²) in [5.74, 6) is -29.6. The van der Waals surface area contributed by atoms with Crippen LogP contribution >= 0.6 is 0 Å². The molecular weight excluding hydrogens is 385 g/mol. The number of halogens is 11. The van der Waals surface area contributed by atoms with Crippen molar-refractivity contribution < 1.29 is 61.3 Å². The van der Waals surface area contributed by atoms with E-state index in [2.05, 4.69) is 0 Å². The highest BCUT2D eigenvalue weighted by molar-refractivity contribution is 7.87. The fraction of sp³-hybridized carbons (Fsp3) is 1.00. The van der Waals surface area contributed by atoms with Crippen molar-refractivity contribution in [3.63, 3.8) is 0 Å². The fourth-order valence-electron chi connectivity index (χ4n) is 1.11. The average Bonchev–Trinajstić information content (AvgIpc) is 2.24. The van der Waals surface area contributed by atoms with E-state index in [1.807, 2.05) is 0 Å². The van der Waals surface area contributed by atoms with Crippen molar-refractivity contribution in [3.8, 4) is 0 Å². The van der Waals surface area contributed by atoms with E-state index in [0.29, 0.717) is 0 Å². The third kappa shape index (κ3) is 2.74. The molecular formula is C8H7F11O3S. The van der Waals surface area contributed by atoms with E-state index in [1.165, 1.54) is 0 Å². The number of hydrogen-bond acceptors (Lipinski definition) is 2. The Bertz CT molecular complexity index is 560. The zero-order valence-electron chi connectivity index (χ0n) is 10.8. The lowest BCUT2D eigenvalue weighted by Gasteiger charge is -2.41. The van der Waals surface area contributed by atoms with Crippen molar-refractivity contribution in [1.82, 2.24) is 0 Å². The molecule has 1 N–H and O–H groups in total. The van der Waals surface area contributed by atoms with Crippen LogP contribution in [0.5, 0.6) is 0 Å². The summed E-state index contributed by atoms with van der Waals surface area (Å²) in [7, 11) is -6.27. The van der Waals surface area contributed by atoms with Gasteiger partial charge in [0.1, 0.15) is 0 Å². The third-order valence-electron chi connectivity index (χ3n) is 2.94. The van der Waals surface area contributed by atoms with E-state index >= 15 is 0 Å². The van der Waals surface area contributed by atoms with Crippen molar-refractivity contribution in [2.75, 3.05) is 0 Å². The molecule has 0 spiro atoms. The highest BCUT2D eigenvalue weighted by atomic mass is 32.2. The first kappa shape index (κ1) is 22.1. The van der Waals surface area contributed by atoms with Gasteiger partial charge in [0.15, 0.2) is 4.75 Å². The van der Waals surface area contributed by atoms with Gasteiger partial charge in [-0.25, -0.2) is 0 Å². The molecule has 0 fully saturated rings. The maximum absolute atomic E-state index is 13.4. The first-order valence-corrected chi connectivity index (χ1v) is 6.49. The highest BCUT2D eigenvalue weighted by Gasteiger charge is 2.89. The van der Waals surface area contributed by atoms with Crippen molar-refractivity contribution >= 4 is 10.1 Å². The standard InChI is InChI=1S/C8H7F11O3S/c1-3(2,23(20,21)22)4(9,10)5(11,12)6(13,14)7(15,16)8(17,18)19/h1-2H3,(H,20,21,22). The first-order chi connectivity index (χ1) is 9.50. The van der Waals surface area contributed by atoms with Crippen molar-refractivity contribution in [2.45, 2.75) is 48.5 Å². The monoisotopic (exact) mass is 392 g/mol. The molecule has 0 aromatic rings. The Morgan fingerprint density at radius 1 is 0.609 bits per heavy atom. The summed E-state index contributed by atoms with van der Waals surface area (Å²) >= 11 is 0. The van der Waals surface area contributed by atoms with Crippen LogP contribution in [0.3, 0.4) is 0 Å². The van der Waals surface area contributed by atoms with Gasteiger partial charge in [0.05, 0.1) is 0 Å². The molecule has 0 saturated heterocycles. The van der Waals surface area contributed by atoms with Crippen molar-refractivity contribution in [1.29, 1.82) is 0 Å². The minimum absolute atomic E-state index is 0.460. The summed E-state index contributed by atoms with van der Waals surface area (Å²) in [6, 6.07) is 0. The van der Waals surface area contributed by atoms with Gasteiger partial charge in [-0.2, -0.15) is 56.7 Å². The molecule has 0 radical (unpaired) electrons. The van der Waals surface area contributed by atoms with Gasteiger partial charge in [-0.05, 0) is 13.8 Å². The van der Waals surface area contributed by atoms with Gasteiger partial charge in [-0.1, -0.05) is 0 Å². The predicted octanol–water partition coefficient (Wildman–Crippen LogP) is 3.76. The van der Waals surface area contributed by atoms with Crippen LogP contribution in [0.4, 0.5) is 48.3 Å². The summed E-state index contributed by atoms with van der Waals surface area (Å²) in [6.45, 7) is -0.921. The van der Waals surface area contributed by atoms with Crippen LogP contribution in [0, 0.1) is 0 Å². The molecule has 0 aliphatic rings. The van der Waals surface area contributed by atoms with Crippen LogP contribution in [0.25, 0.3) is 0 Å². The summed E-state index contributed by atoms with van der Waals surface area (Å²) in [6.07, 6.45) is -7.35. The van der Waals surface area contributed by atoms with Crippen LogP contribution in [0.2, 0.25) is 0 Å². The third-order valence-corrected chi connectivity index (χ3v) is 4.49. The minimum Gasteiger partial charge on any atom is -0.285 e. The highest BCUT2D eigenvalue weighted by Crippen LogP contribution is 2.60. The predicted molar refractivity (Wildman–Crippen MR) is 51.5 cm³/mol. The second-order valence-corrected chi connectivity index (χ2v) is 6.75. The van der Waals surface area contributed by atoms with Crippen LogP contribution < -0.4 is 0 Å². The Labute approximate surface area is 121 Å². The molecule has 0 aliphatic carbocycles. The Hall–Kier alpha value is -0.860. The number of rotatable bonds is 5. The first-order valence-electron chi connectivity index (χ1n) is 5.05. The van der Waals surface area contributed by atoms with Gasteiger partial charge in [-0.3, -0.25) is 4.55 Å². The molecule has 0 aromatic carbocycles. The molecule has 15 heteroatoms. The van der Waals surface area contributed by atoms with Crippen LogP contribution in [0.15, 0.2) is 0 Å². The molecule has 23 heavy (non-hydrogen) atoms. The SMILES string of the molecule is CC(C)(C(F)(F)C(F)(F)C(F)(F)C(F)(F)C(F)(F)F)S(=O)(=O)O. The van der Waals surface area contributed by atoms with Crippen molar-refractivity contribution in [3.05, 3.63) is 0 Å². The van der Waals surface area contributed by atoms with E-state index in [1.54, 1.807) is 0 Å². The molecule has 0 aromatic heterocycles. The van der Waals surface area contributed by atoms with Crippen LogP contribution in [-0.2, 0) is 10.1 Å². The average molecular weight is 392 g/mol. The van der Waals surface area contributed by atoms with E-state index in [0.717, 1.165) is 0 Å². The quantitative estimate of drug-likeness (QED) is 0.573. The zero-order valence-corrected chi connectivity index (χ0v) is 11.6. The summed E-state index contributed by atoms with van der Waals surface area (Å²) in [5.41, 5.74) is 0. The fourth-order valence-corrected chi connectivity index (χ4v) is 1.56. The molecule has 0 bridgehead atoms. The second-order valence-electron chi connectivity index (χ2n) is 4.78. The summed E-state index contributed by atoms with van der Waals surface area (Å²) in [4.78, 5) is 0. The normalized spacial score (nSPS) is 16.6. The van der Waals surface area contributed by atoms with E-state index < -0.39 is 58.6 Å². The molecule has 0 unspecified atom stereocenters. The van der Waals surface area contributed by atoms with E-state index in [-0.39, 0.29) is 0 Å². The molecule has 0 heterocycles. The lowest BCUT2D eigenvalue weighted by molar-refractivity contribution is -0.424. The van der Waals surface area contributed by atoms with Gasteiger partial charge in [-0.15, -0.1) is 0 Å². The number of alkyl halides is 11. The topological polar surface area (TPSA) is 54.4 Å². The molecule has 0 rings (SSSR count). The Kier molecular flexibility index (Phi) is 4.88. The molecule has 0 amide bonds. The molecule has 3 nitrogen and oxygen atoms in total. The van der Waals surface area contributed by atoms with Gasteiger partial charge in [0.2, 0.25) is 0 Å². The smallest absolute Gasteiger partial charge is 0.285 e. The summed E-state index contributed by atoms with van der Waals surface area (Å²) < 4.78 is 165. The number of hydrogen-bond donors (Lipinski definition) is 1. The summed E-state index contributed by atoms with van der Waals surface area (Å²) in [5, 5.41) is 0. The zero-order chi connectivity index (χ0) is 19.5. The van der Waals surface area contributed by atoms with Crippen molar-refractivity contribution in [2.24, 2.45) is 0 Å². The Balaban J connectivity index is 6.48. The molecule has 140 valence electrons. The van der Waals surface area contributed by atoms with Crippen LogP contribution in [0.1, 0.15) is 13.8 Å². The van der Waals surface area contributed by atoms with Gasteiger partial charge in [0.25, 0.3) is 10.1 Å². The largest absolute Gasteiger partial charge is 0.460 e. The van der Waals surface area contributed by atoms with Crippen LogP contribution in [-0.4, -0.2) is 47.6 Å². The maximum Gasteiger partial charge on any atom is 0.460 e. The second kappa shape index (κ2) is 5.07. The minimum atomic E-state index is -7.73. The molecule has 0 aliphatic heterocycles. The lowest BCUT2D eigenvalue weighted by atomic mass is 9.90. The Morgan fingerprint density at radius 3 is 1.09 bits per heavy atom. The lowest BCUT2D eigenvalue weighted by Crippen LogP contribution is -2.71. The maximum atomic E-state index is 13.4. The van der Waals surface area contributed by atoms with E-state index in [9.17, 15) is 56.7 Å². The molecule has 0 atom stereocenters.